The number of amides is 3. The topological polar surface area (TPSA) is 149 Å². The smallest absolute Gasteiger partial charge is 0.405 e. The van der Waals surface area contributed by atoms with Gasteiger partial charge in [0.15, 0.2) is 0 Å². The summed E-state index contributed by atoms with van der Waals surface area (Å²) in [6, 6.07) is 7.58. The molecule has 2 aromatic heterocycles. The van der Waals surface area contributed by atoms with E-state index in [2.05, 4.69) is 34.4 Å². The molecule has 0 fully saturated rings. The Kier molecular flexibility index (Phi) is 9.89. The van der Waals surface area contributed by atoms with Crippen molar-refractivity contribution in [1.29, 1.82) is 0 Å². The van der Waals surface area contributed by atoms with Crippen LogP contribution in [0.15, 0.2) is 47.3 Å². The zero-order chi connectivity index (χ0) is 28.7. The largest absolute Gasteiger partial charge is 0.465 e. The van der Waals surface area contributed by atoms with Crippen molar-refractivity contribution in [2.24, 2.45) is 5.92 Å². The Balaban J connectivity index is 1.79. The highest BCUT2D eigenvalue weighted by Crippen LogP contribution is 2.21. The quantitative estimate of drug-likeness (QED) is 0.209. The number of nitrogens with one attached hydrogen (secondary N) is 3. The van der Waals surface area contributed by atoms with E-state index < -0.39 is 23.6 Å². The molecule has 12 heteroatoms. The molecule has 0 spiro atoms. The van der Waals surface area contributed by atoms with Gasteiger partial charge in [0.05, 0.1) is 17.6 Å². The van der Waals surface area contributed by atoms with Gasteiger partial charge in [-0.3, -0.25) is 19.0 Å². The van der Waals surface area contributed by atoms with E-state index >= 15 is 0 Å². The number of carboxylic acid groups (broad SMARTS) is 1. The fraction of sp³-hybridized carbons (Fsp3) is 0.370. The highest BCUT2D eigenvalue weighted by atomic mass is 35.5. The lowest BCUT2D eigenvalue weighted by Gasteiger charge is -2.17. The molecule has 3 amide bonds. The zero-order valence-electron chi connectivity index (χ0n) is 22.3. The predicted octanol–water partition coefficient (Wildman–Crippen LogP) is 3.62. The lowest BCUT2D eigenvalue weighted by atomic mass is 10.0. The van der Waals surface area contributed by atoms with E-state index in [4.69, 9.17) is 11.6 Å². The van der Waals surface area contributed by atoms with Crippen molar-refractivity contribution in [3.05, 3.63) is 69.4 Å². The molecule has 0 aliphatic rings. The molecule has 11 nitrogen and oxygen atoms in total. The number of aromatic amines is 1. The lowest BCUT2D eigenvalue weighted by molar-refractivity contribution is -0.123. The maximum Gasteiger partial charge on any atom is 0.405 e. The maximum atomic E-state index is 13.2. The molecule has 3 rings (SSSR count). The third kappa shape index (κ3) is 7.93. The summed E-state index contributed by atoms with van der Waals surface area (Å²) in [4.78, 5) is 58.4. The Morgan fingerprint density at radius 3 is 2.62 bits per heavy atom. The number of allylic oxidation sites excluding steroid dienone is 1. The molecule has 2 heterocycles. The summed E-state index contributed by atoms with van der Waals surface area (Å²) < 4.78 is 1.27. The number of pyridine rings is 1. The van der Waals surface area contributed by atoms with Crippen LogP contribution in [0.4, 0.5) is 10.5 Å². The summed E-state index contributed by atoms with van der Waals surface area (Å²) in [5, 5.41) is 14.0. The van der Waals surface area contributed by atoms with Crippen molar-refractivity contribution in [1.82, 2.24) is 24.8 Å². The molecule has 3 aromatic rings. The summed E-state index contributed by atoms with van der Waals surface area (Å²) >= 11 is 6.33. The molecular formula is C27H33ClN6O5. The number of para-hydroxylation sites is 1. The van der Waals surface area contributed by atoms with Gasteiger partial charge in [-0.25, -0.2) is 9.78 Å². The fourth-order valence-corrected chi connectivity index (χ4v) is 4.20. The molecule has 0 aliphatic carbocycles. The summed E-state index contributed by atoms with van der Waals surface area (Å²) in [7, 11) is 3.21. The first kappa shape index (κ1) is 29.4. The number of rotatable bonds is 11. The van der Waals surface area contributed by atoms with Crippen molar-refractivity contribution in [3.63, 3.8) is 0 Å². The normalized spacial score (nSPS) is 12.2. The average Bonchev–Trinajstić information content (AvgIpc) is 3.28. The zero-order valence-corrected chi connectivity index (χ0v) is 23.1. The van der Waals surface area contributed by atoms with Crippen LogP contribution in [0.25, 0.3) is 11.0 Å². The number of fused-ring (bicyclic) bond motifs is 1. The Bertz CT molecular complexity index is 1440. The number of carbonyl (C=O) groups excluding carboxylic acids is 2. The molecule has 0 radical (unpaired) electrons. The summed E-state index contributed by atoms with van der Waals surface area (Å²) in [6.45, 7) is 4.30. The first-order valence-corrected chi connectivity index (χ1v) is 12.9. The predicted molar refractivity (Wildman–Crippen MR) is 150 cm³/mol. The number of carbonyl (C=O) groups is 3. The average molecular weight is 557 g/mol. The Morgan fingerprint density at radius 2 is 1.95 bits per heavy atom. The SMILES string of the molecule is CC(C)Cc1cccc2[nH]c(Cn3c(Cl)ccc(NC(=O)C(CC/C=C/C(=O)N(C)C)NC(=O)O)c3=O)nc12. The van der Waals surface area contributed by atoms with Crippen molar-refractivity contribution in [2.45, 2.75) is 45.7 Å². The molecule has 208 valence electrons. The van der Waals surface area contributed by atoms with Gasteiger partial charge >= 0.3 is 6.09 Å². The van der Waals surface area contributed by atoms with Gasteiger partial charge in [0.2, 0.25) is 11.8 Å². The van der Waals surface area contributed by atoms with Crippen LogP contribution in [0.5, 0.6) is 0 Å². The van der Waals surface area contributed by atoms with E-state index in [0.717, 1.165) is 23.0 Å². The van der Waals surface area contributed by atoms with Crippen LogP contribution >= 0.6 is 11.6 Å². The maximum absolute atomic E-state index is 13.2. The lowest BCUT2D eigenvalue weighted by Crippen LogP contribution is -2.44. The van der Waals surface area contributed by atoms with Crippen LogP contribution in [-0.2, 0) is 22.6 Å². The second-order valence-electron chi connectivity index (χ2n) is 9.76. The monoisotopic (exact) mass is 556 g/mol. The van der Waals surface area contributed by atoms with Crippen LogP contribution in [0.3, 0.4) is 0 Å². The molecular weight excluding hydrogens is 524 g/mol. The van der Waals surface area contributed by atoms with Crippen molar-refractivity contribution < 1.29 is 19.5 Å². The molecule has 4 N–H and O–H groups in total. The van der Waals surface area contributed by atoms with E-state index in [1.54, 1.807) is 20.2 Å². The summed E-state index contributed by atoms with van der Waals surface area (Å²) in [6.07, 6.45) is 2.71. The third-order valence-electron chi connectivity index (χ3n) is 5.90. The molecule has 1 unspecified atom stereocenters. The van der Waals surface area contributed by atoms with Crippen LogP contribution in [-0.4, -0.2) is 62.6 Å². The third-order valence-corrected chi connectivity index (χ3v) is 6.23. The van der Waals surface area contributed by atoms with Gasteiger partial charge in [-0.2, -0.15) is 0 Å². The van der Waals surface area contributed by atoms with Gasteiger partial charge in [0, 0.05) is 14.1 Å². The molecule has 1 atom stereocenters. The Hall–Kier alpha value is -4.12. The van der Waals surface area contributed by atoms with Crippen LogP contribution in [0.2, 0.25) is 5.15 Å². The number of hydrogen-bond acceptors (Lipinski definition) is 5. The fourth-order valence-electron chi connectivity index (χ4n) is 4.00. The number of aromatic nitrogens is 3. The van der Waals surface area contributed by atoms with E-state index in [-0.39, 0.29) is 36.1 Å². The first-order valence-electron chi connectivity index (χ1n) is 12.5. The van der Waals surface area contributed by atoms with E-state index in [1.165, 1.54) is 27.7 Å². The highest BCUT2D eigenvalue weighted by molar-refractivity contribution is 6.29. The van der Waals surface area contributed by atoms with Crippen molar-refractivity contribution in [2.75, 3.05) is 19.4 Å². The summed E-state index contributed by atoms with van der Waals surface area (Å²) in [5.41, 5.74) is 2.16. The minimum absolute atomic E-state index is 0.0404. The Morgan fingerprint density at radius 1 is 1.21 bits per heavy atom. The molecule has 0 saturated heterocycles. The van der Waals surface area contributed by atoms with Crippen LogP contribution in [0, 0.1) is 5.92 Å². The number of H-pyrrole nitrogens is 1. The van der Waals surface area contributed by atoms with Crippen LogP contribution < -0.4 is 16.2 Å². The standard InChI is InChI=1S/C27H33ClN6O5/c1-16(2)14-17-8-7-10-18-24(17)32-22(29-18)15-34-21(28)13-12-20(26(34)37)30-25(36)19(31-27(38)39)9-5-6-11-23(35)33(3)4/h6-8,10-13,16,19,31H,5,9,14-15H2,1-4H3,(H,29,32)(H,30,36)(H,38,39)/b11-6+. The second kappa shape index (κ2) is 13.1. The summed E-state index contributed by atoms with van der Waals surface area (Å²) in [5.74, 6) is 0.0320. The molecule has 1 aromatic carbocycles. The number of anilines is 1. The van der Waals surface area contributed by atoms with E-state index in [9.17, 15) is 24.3 Å². The highest BCUT2D eigenvalue weighted by Gasteiger charge is 2.22. The number of likely N-dealkylation sites (N-methyl/N-ethyl adjacent to an activating group) is 1. The number of halogens is 1. The number of imidazole rings is 1. The van der Waals surface area contributed by atoms with Gasteiger partial charge in [-0.05, 0) is 55.0 Å². The van der Waals surface area contributed by atoms with Crippen molar-refractivity contribution in [3.8, 4) is 0 Å². The van der Waals surface area contributed by atoms with Gasteiger partial charge in [0.1, 0.15) is 22.7 Å². The van der Waals surface area contributed by atoms with E-state index in [0.29, 0.717) is 11.7 Å². The Labute approximate surface area is 230 Å². The van der Waals surface area contributed by atoms with Gasteiger partial charge in [-0.15, -0.1) is 0 Å². The van der Waals surface area contributed by atoms with Gasteiger partial charge in [-0.1, -0.05) is 43.7 Å². The minimum atomic E-state index is -1.39. The molecule has 0 saturated carbocycles. The van der Waals surface area contributed by atoms with Crippen molar-refractivity contribution >= 4 is 46.2 Å². The van der Waals surface area contributed by atoms with E-state index in [1.807, 2.05) is 18.2 Å². The minimum Gasteiger partial charge on any atom is -0.465 e. The molecule has 0 bridgehead atoms. The first-order chi connectivity index (χ1) is 18.5. The second-order valence-corrected chi connectivity index (χ2v) is 10.1. The molecule has 0 aliphatic heterocycles. The van der Waals surface area contributed by atoms with Gasteiger partial charge < -0.3 is 25.6 Å². The number of benzene rings is 1. The molecule has 39 heavy (non-hydrogen) atoms. The number of nitrogens with zero attached hydrogens (tertiary/aromatic N) is 3. The van der Waals surface area contributed by atoms with Crippen LogP contribution in [0.1, 0.15) is 38.1 Å². The van der Waals surface area contributed by atoms with Gasteiger partial charge in [0.25, 0.3) is 5.56 Å². The number of hydrogen-bond donors (Lipinski definition) is 4.